The zero-order valence-corrected chi connectivity index (χ0v) is 16.9. The summed E-state index contributed by atoms with van der Waals surface area (Å²) in [6.07, 6.45) is 2.76. The van der Waals surface area contributed by atoms with Gasteiger partial charge in [-0.1, -0.05) is 37.3 Å². The molecule has 1 aromatic carbocycles. The van der Waals surface area contributed by atoms with Gasteiger partial charge in [0.15, 0.2) is 0 Å². The summed E-state index contributed by atoms with van der Waals surface area (Å²) >= 11 is 1.54. The fourth-order valence-corrected chi connectivity index (χ4v) is 4.16. The van der Waals surface area contributed by atoms with Crippen LogP contribution >= 0.6 is 11.3 Å². The summed E-state index contributed by atoms with van der Waals surface area (Å²) < 4.78 is 1.56. The Kier molecular flexibility index (Phi) is 6.06. The summed E-state index contributed by atoms with van der Waals surface area (Å²) in [6.45, 7) is 7.68. The van der Waals surface area contributed by atoms with Crippen LogP contribution in [0, 0.1) is 13.8 Å². The molecule has 0 aliphatic carbocycles. The lowest BCUT2D eigenvalue weighted by Crippen LogP contribution is -2.33. The number of nitrogens with zero attached hydrogens (tertiary/aromatic N) is 3. The van der Waals surface area contributed by atoms with Gasteiger partial charge in [0.05, 0.1) is 11.7 Å². The minimum Gasteiger partial charge on any atom is -0.338 e. The van der Waals surface area contributed by atoms with E-state index in [1.165, 1.54) is 11.3 Å². The maximum Gasteiger partial charge on any atom is 0.262 e. The summed E-state index contributed by atoms with van der Waals surface area (Å²) in [7, 11) is 0. The highest BCUT2D eigenvalue weighted by molar-refractivity contribution is 7.18. The Morgan fingerprint density at radius 2 is 1.96 bits per heavy atom. The van der Waals surface area contributed by atoms with E-state index in [0.717, 1.165) is 27.3 Å². The van der Waals surface area contributed by atoms with Gasteiger partial charge >= 0.3 is 0 Å². The van der Waals surface area contributed by atoms with Gasteiger partial charge in [-0.25, -0.2) is 4.98 Å². The molecular weight excluding hydrogens is 358 g/mol. The van der Waals surface area contributed by atoms with Crippen molar-refractivity contribution in [2.75, 3.05) is 6.54 Å². The average molecular weight is 384 g/mol. The largest absolute Gasteiger partial charge is 0.338 e. The molecule has 3 aromatic rings. The van der Waals surface area contributed by atoms with E-state index in [2.05, 4.69) is 11.9 Å². The van der Waals surface area contributed by atoms with Gasteiger partial charge in [-0.05, 0) is 31.4 Å². The molecule has 0 unspecified atom stereocenters. The Morgan fingerprint density at radius 1 is 1.22 bits per heavy atom. The van der Waals surface area contributed by atoms with Gasteiger partial charge in [-0.15, -0.1) is 11.3 Å². The number of thiophene rings is 1. The molecule has 2 heterocycles. The number of carbonyl (C=O) groups excluding carboxylic acids is 1. The van der Waals surface area contributed by atoms with Gasteiger partial charge in [0.1, 0.15) is 4.83 Å². The number of fused-ring (bicyclic) bond motifs is 1. The molecule has 5 nitrogen and oxygen atoms in total. The highest BCUT2D eigenvalue weighted by Crippen LogP contribution is 2.25. The summed E-state index contributed by atoms with van der Waals surface area (Å²) in [4.78, 5) is 33.7. The van der Waals surface area contributed by atoms with Crippen LogP contribution in [0.2, 0.25) is 0 Å². The summed E-state index contributed by atoms with van der Waals surface area (Å²) in [6, 6.07) is 9.99. The molecule has 1 amide bonds. The van der Waals surface area contributed by atoms with Crippen molar-refractivity contribution in [2.45, 2.75) is 46.7 Å². The van der Waals surface area contributed by atoms with Crippen molar-refractivity contribution in [3.05, 3.63) is 63.0 Å². The van der Waals surface area contributed by atoms with Crippen LogP contribution < -0.4 is 5.56 Å². The number of aryl methyl sites for hydroxylation is 3. The molecule has 0 atom stereocenters. The lowest BCUT2D eigenvalue weighted by molar-refractivity contribution is -0.132. The first kappa shape index (κ1) is 19.3. The second-order valence-electron chi connectivity index (χ2n) is 6.76. The van der Waals surface area contributed by atoms with E-state index < -0.39 is 0 Å². The fraction of sp³-hybridized carbons (Fsp3) is 0.381. The van der Waals surface area contributed by atoms with Gasteiger partial charge in [0.25, 0.3) is 5.56 Å². The smallest absolute Gasteiger partial charge is 0.262 e. The highest BCUT2D eigenvalue weighted by atomic mass is 32.1. The third kappa shape index (κ3) is 4.27. The quantitative estimate of drug-likeness (QED) is 0.622. The number of benzene rings is 1. The molecule has 0 aliphatic rings. The van der Waals surface area contributed by atoms with Crippen LogP contribution in [0.4, 0.5) is 0 Å². The number of amides is 1. The van der Waals surface area contributed by atoms with Crippen molar-refractivity contribution in [1.82, 2.24) is 14.5 Å². The first-order valence-electron chi connectivity index (χ1n) is 9.28. The molecule has 2 aromatic heterocycles. The first-order valence-corrected chi connectivity index (χ1v) is 10.1. The van der Waals surface area contributed by atoms with Crippen LogP contribution in [-0.2, 0) is 17.9 Å². The van der Waals surface area contributed by atoms with Crippen LogP contribution in [0.15, 0.2) is 41.5 Å². The Balaban J connectivity index is 1.73. The van der Waals surface area contributed by atoms with Gasteiger partial charge in [0, 0.05) is 30.9 Å². The van der Waals surface area contributed by atoms with Crippen LogP contribution in [0.3, 0.4) is 0 Å². The number of aromatic nitrogens is 2. The van der Waals surface area contributed by atoms with Gasteiger partial charge < -0.3 is 4.90 Å². The van der Waals surface area contributed by atoms with E-state index in [0.29, 0.717) is 31.4 Å². The monoisotopic (exact) mass is 383 g/mol. The molecule has 0 radical (unpaired) electrons. The van der Waals surface area contributed by atoms with Crippen LogP contribution in [0.25, 0.3) is 10.2 Å². The van der Waals surface area contributed by atoms with E-state index in [4.69, 9.17) is 0 Å². The van der Waals surface area contributed by atoms with Crippen LogP contribution in [-0.4, -0.2) is 26.9 Å². The van der Waals surface area contributed by atoms with E-state index in [-0.39, 0.29) is 11.5 Å². The third-order valence-electron chi connectivity index (χ3n) is 4.78. The molecule has 6 heteroatoms. The second-order valence-corrected chi connectivity index (χ2v) is 7.96. The standard InChI is InChI=1S/C21H25N3O2S/c1-4-11-23(13-17-8-6-5-7-9-17)18(25)10-12-24-14-22-20-19(21(24)26)15(2)16(3)27-20/h5-9,14H,4,10-13H2,1-3H3. The van der Waals surface area contributed by atoms with E-state index in [9.17, 15) is 9.59 Å². The maximum absolute atomic E-state index is 12.8. The molecule has 0 aliphatic heterocycles. The Morgan fingerprint density at radius 3 is 2.67 bits per heavy atom. The first-order chi connectivity index (χ1) is 13.0. The summed E-state index contributed by atoms with van der Waals surface area (Å²) in [5.74, 6) is 0.0610. The normalized spacial score (nSPS) is 11.1. The lowest BCUT2D eigenvalue weighted by atomic mass is 10.2. The molecule has 0 N–H and O–H groups in total. The summed E-state index contributed by atoms with van der Waals surface area (Å²) in [5.41, 5.74) is 2.05. The molecule has 0 spiro atoms. The van der Waals surface area contributed by atoms with Crippen molar-refractivity contribution >= 4 is 27.5 Å². The van der Waals surface area contributed by atoms with Crippen molar-refractivity contribution in [3.63, 3.8) is 0 Å². The minimum atomic E-state index is -0.0558. The van der Waals surface area contributed by atoms with Crippen LogP contribution in [0.5, 0.6) is 0 Å². The van der Waals surface area contributed by atoms with Gasteiger partial charge in [-0.3, -0.25) is 14.2 Å². The maximum atomic E-state index is 12.8. The SMILES string of the molecule is CCCN(Cc1ccccc1)C(=O)CCn1cnc2sc(C)c(C)c2c1=O. The Bertz CT molecular complexity index is 992. The van der Waals surface area contributed by atoms with E-state index in [1.807, 2.05) is 49.1 Å². The number of hydrogen-bond donors (Lipinski definition) is 0. The zero-order chi connectivity index (χ0) is 19.4. The Hall–Kier alpha value is -2.47. The highest BCUT2D eigenvalue weighted by Gasteiger charge is 2.16. The topological polar surface area (TPSA) is 55.2 Å². The molecule has 27 heavy (non-hydrogen) atoms. The summed E-state index contributed by atoms with van der Waals surface area (Å²) in [5, 5.41) is 0.683. The van der Waals surface area contributed by atoms with Gasteiger partial charge in [0.2, 0.25) is 5.91 Å². The zero-order valence-electron chi connectivity index (χ0n) is 16.1. The molecule has 0 bridgehead atoms. The number of rotatable bonds is 7. The lowest BCUT2D eigenvalue weighted by Gasteiger charge is -2.22. The number of carbonyl (C=O) groups is 1. The number of hydrogen-bond acceptors (Lipinski definition) is 4. The predicted molar refractivity (Wildman–Crippen MR) is 110 cm³/mol. The van der Waals surface area contributed by atoms with E-state index in [1.54, 1.807) is 10.9 Å². The van der Waals surface area contributed by atoms with E-state index >= 15 is 0 Å². The van der Waals surface area contributed by atoms with Crippen molar-refractivity contribution in [1.29, 1.82) is 0 Å². The minimum absolute atomic E-state index is 0.0558. The average Bonchev–Trinajstić information content (AvgIpc) is 2.96. The predicted octanol–water partition coefficient (Wildman–Crippen LogP) is 3.90. The van der Waals surface area contributed by atoms with Gasteiger partial charge in [-0.2, -0.15) is 0 Å². The molecule has 0 fully saturated rings. The molecule has 0 saturated heterocycles. The second kappa shape index (κ2) is 8.48. The van der Waals surface area contributed by atoms with Crippen molar-refractivity contribution < 1.29 is 4.79 Å². The third-order valence-corrected chi connectivity index (χ3v) is 5.90. The molecule has 3 rings (SSSR count). The molecular formula is C21H25N3O2S. The molecule has 0 saturated carbocycles. The van der Waals surface area contributed by atoms with Crippen molar-refractivity contribution in [3.8, 4) is 0 Å². The Labute approximate surface area is 163 Å². The fourth-order valence-electron chi connectivity index (χ4n) is 3.17. The van der Waals surface area contributed by atoms with Crippen molar-refractivity contribution in [2.24, 2.45) is 0 Å². The molecule has 142 valence electrons. The van der Waals surface area contributed by atoms with Crippen LogP contribution in [0.1, 0.15) is 35.8 Å².